The molecule has 1 saturated carbocycles. The van der Waals surface area contributed by atoms with Crippen LogP contribution in [0.4, 0.5) is 13.2 Å². The van der Waals surface area contributed by atoms with Gasteiger partial charge in [-0.25, -0.2) is 9.48 Å². The second kappa shape index (κ2) is 8.42. The first-order chi connectivity index (χ1) is 14.6. The van der Waals surface area contributed by atoms with Gasteiger partial charge < -0.3 is 14.9 Å². The van der Waals surface area contributed by atoms with E-state index in [4.69, 9.17) is 21.4 Å². The van der Waals surface area contributed by atoms with Gasteiger partial charge in [-0.2, -0.15) is 18.3 Å². The number of halogens is 4. The van der Waals surface area contributed by atoms with E-state index in [1.54, 1.807) is 11.0 Å². The third kappa shape index (κ3) is 4.72. The van der Waals surface area contributed by atoms with Crippen LogP contribution < -0.4 is 0 Å². The lowest BCUT2D eigenvalue weighted by atomic mass is 10.0. The Labute approximate surface area is 181 Å². The molecule has 4 atom stereocenters. The van der Waals surface area contributed by atoms with Crippen molar-refractivity contribution in [2.45, 2.75) is 38.1 Å². The smallest absolute Gasteiger partial charge is 0.416 e. The number of hydrogen-bond acceptors (Lipinski definition) is 5. The number of ether oxygens (including phenoxy) is 1. The van der Waals surface area contributed by atoms with Crippen molar-refractivity contribution >= 4 is 17.6 Å². The summed E-state index contributed by atoms with van der Waals surface area (Å²) in [5.41, 5.74) is -0.525. The van der Waals surface area contributed by atoms with E-state index in [0.717, 1.165) is 29.7 Å². The summed E-state index contributed by atoms with van der Waals surface area (Å²) in [4.78, 5) is 12.9. The highest BCUT2D eigenvalue weighted by Crippen LogP contribution is 2.41. The Hall–Kier alpha value is -2.14. The molecule has 2 aromatic rings. The van der Waals surface area contributed by atoms with Gasteiger partial charge in [0, 0.05) is 19.3 Å². The maximum absolute atomic E-state index is 12.8. The minimum atomic E-state index is -4.38. The number of benzene rings is 1. The van der Waals surface area contributed by atoms with E-state index in [1.165, 1.54) is 12.3 Å². The van der Waals surface area contributed by atoms with Gasteiger partial charge >= 0.3 is 12.1 Å². The number of likely N-dealkylation sites (tertiary alicyclic amines) is 1. The molecule has 2 aliphatic rings. The molecule has 0 bridgehead atoms. The molecule has 0 radical (unpaired) electrons. The van der Waals surface area contributed by atoms with E-state index in [1.807, 2.05) is 0 Å². The van der Waals surface area contributed by atoms with Gasteiger partial charge in [0.2, 0.25) is 6.35 Å². The Morgan fingerprint density at radius 1 is 1.29 bits per heavy atom. The second-order valence-corrected chi connectivity index (χ2v) is 8.44. The minimum absolute atomic E-state index is 0.0472. The maximum atomic E-state index is 12.8. The summed E-state index contributed by atoms with van der Waals surface area (Å²) < 4.78 is 45.5. The van der Waals surface area contributed by atoms with Crippen LogP contribution in [0.5, 0.6) is 0 Å². The molecule has 0 amide bonds. The Balaban J connectivity index is 1.30. The van der Waals surface area contributed by atoms with Crippen LogP contribution in [0.15, 0.2) is 30.5 Å². The first-order valence-corrected chi connectivity index (χ1v) is 10.2. The number of fused-ring (bicyclic) bond motifs is 1. The molecular formula is C20H21ClF3N3O4. The number of carboxylic acids is 1. The molecule has 168 valence electrons. The van der Waals surface area contributed by atoms with Crippen LogP contribution in [0.25, 0.3) is 0 Å². The number of rotatable bonds is 6. The molecule has 11 heteroatoms. The van der Waals surface area contributed by atoms with Crippen molar-refractivity contribution in [3.63, 3.8) is 0 Å². The predicted molar refractivity (Wildman–Crippen MR) is 103 cm³/mol. The Morgan fingerprint density at radius 2 is 1.97 bits per heavy atom. The molecule has 1 aliphatic carbocycles. The summed E-state index contributed by atoms with van der Waals surface area (Å²) in [7, 11) is 0. The van der Waals surface area contributed by atoms with Gasteiger partial charge in [0.15, 0.2) is 5.69 Å². The number of aliphatic hydroxyl groups excluding tert-OH is 1. The minimum Gasteiger partial charge on any atom is -0.476 e. The van der Waals surface area contributed by atoms with Crippen LogP contribution in [0.1, 0.15) is 40.8 Å². The van der Waals surface area contributed by atoms with Crippen molar-refractivity contribution in [1.29, 1.82) is 0 Å². The van der Waals surface area contributed by atoms with E-state index in [9.17, 15) is 23.1 Å². The van der Waals surface area contributed by atoms with Crippen LogP contribution in [0, 0.1) is 11.8 Å². The molecule has 1 unspecified atom stereocenters. The first kappa shape index (κ1) is 22.1. The molecule has 0 spiro atoms. The van der Waals surface area contributed by atoms with Gasteiger partial charge in [-0.05, 0) is 42.4 Å². The Bertz CT molecular complexity index is 953. The number of alkyl halides is 3. The average molecular weight is 460 g/mol. The summed E-state index contributed by atoms with van der Waals surface area (Å²) in [6.07, 6.45) is -2.79. The fourth-order valence-electron chi connectivity index (χ4n) is 4.46. The molecular weight excluding hydrogens is 439 g/mol. The van der Waals surface area contributed by atoms with Gasteiger partial charge in [0.25, 0.3) is 0 Å². The summed E-state index contributed by atoms with van der Waals surface area (Å²) in [6.45, 7) is 1.27. The number of aliphatic hydroxyl groups is 1. The monoisotopic (exact) mass is 459 g/mol. The Kier molecular flexibility index (Phi) is 5.99. The summed E-state index contributed by atoms with van der Waals surface area (Å²) >= 11 is 5.85. The molecule has 31 heavy (non-hydrogen) atoms. The number of carboxylic acid groups (broad SMARTS) is 1. The summed E-state index contributed by atoms with van der Waals surface area (Å²) in [5.74, 6) is -0.729. The molecule has 4 rings (SSSR count). The van der Waals surface area contributed by atoms with E-state index in [0.29, 0.717) is 18.7 Å². The lowest BCUT2D eigenvalue weighted by Gasteiger charge is -2.24. The molecule has 1 aromatic heterocycles. The van der Waals surface area contributed by atoms with Crippen LogP contribution in [-0.2, 0) is 17.5 Å². The van der Waals surface area contributed by atoms with Crippen LogP contribution in [-0.4, -0.2) is 50.1 Å². The van der Waals surface area contributed by atoms with Crippen LogP contribution in [0.3, 0.4) is 0 Å². The summed E-state index contributed by atoms with van der Waals surface area (Å²) in [5, 5.41) is 23.4. The zero-order valence-corrected chi connectivity index (χ0v) is 17.1. The predicted octanol–water partition coefficient (Wildman–Crippen LogP) is 3.63. The van der Waals surface area contributed by atoms with E-state index in [2.05, 4.69) is 5.10 Å². The van der Waals surface area contributed by atoms with Gasteiger partial charge in [-0.15, -0.1) is 0 Å². The molecule has 2 heterocycles. The van der Waals surface area contributed by atoms with Gasteiger partial charge in [-0.3, -0.25) is 4.90 Å². The molecule has 7 nitrogen and oxygen atoms in total. The van der Waals surface area contributed by atoms with Crippen molar-refractivity contribution in [3.05, 3.63) is 52.3 Å². The zero-order chi connectivity index (χ0) is 22.3. The Morgan fingerprint density at radius 3 is 2.55 bits per heavy atom. The third-order valence-electron chi connectivity index (χ3n) is 5.93. The van der Waals surface area contributed by atoms with Crippen molar-refractivity contribution < 1.29 is 32.9 Å². The van der Waals surface area contributed by atoms with Crippen LogP contribution >= 0.6 is 11.6 Å². The molecule has 1 saturated heterocycles. The van der Waals surface area contributed by atoms with Crippen molar-refractivity contribution in [2.75, 3.05) is 13.1 Å². The fourth-order valence-corrected chi connectivity index (χ4v) is 4.68. The highest BCUT2D eigenvalue weighted by Gasteiger charge is 2.43. The first-order valence-electron chi connectivity index (χ1n) is 9.79. The standard InChI is InChI=1S/C20H21ClF3N3O4/c21-16-9-27(25-17(16)18(28)29)19(30)26-7-12-5-15(6-13(12)8-26)31-10-11-2-1-3-14(4-11)20(22,23)24/h1-4,9,12-13,15,19,30H,5-8,10H2,(H,28,29)/t12-,13+,15+,19?. The van der Waals surface area contributed by atoms with E-state index < -0.39 is 24.1 Å². The average Bonchev–Trinajstić information content (AvgIpc) is 3.38. The molecule has 1 aliphatic heterocycles. The van der Waals surface area contributed by atoms with Gasteiger partial charge in [0.05, 0.1) is 23.3 Å². The highest BCUT2D eigenvalue weighted by molar-refractivity contribution is 6.33. The number of carbonyl (C=O) groups is 1. The number of hydrogen-bond donors (Lipinski definition) is 2. The van der Waals surface area contributed by atoms with Crippen molar-refractivity contribution in [3.8, 4) is 0 Å². The topological polar surface area (TPSA) is 87.8 Å². The maximum Gasteiger partial charge on any atom is 0.416 e. The molecule has 2 fully saturated rings. The van der Waals surface area contributed by atoms with Crippen molar-refractivity contribution in [2.24, 2.45) is 11.8 Å². The van der Waals surface area contributed by atoms with Gasteiger partial charge in [0.1, 0.15) is 0 Å². The molecule has 2 N–H and O–H groups in total. The number of nitrogens with zero attached hydrogens (tertiary/aromatic N) is 3. The van der Waals surface area contributed by atoms with Crippen LogP contribution in [0.2, 0.25) is 5.02 Å². The SMILES string of the molecule is O=C(O)c1nn(C(O)N2C[C@H]3C[C@H](OCc4cccc(C(F)(F)F)c4)C[C@H]3C2)cc1Cl. The second-order valence-electron chi connectivity index (χ2n) is 8.03. The largest absolute Gasteiger partial charge is 0.476 e. The fraction of sp³-hybridized carbons (Fsp3) is 0.500. The van der Waals surface area contributed by atoms with E-state index >= 15 is 0 Å². The lowest BCUT2D eigenvalue weighted by Crippen LogP contribution is -2.32. The molecule has 1 aromatic carbocycles. The number of aromatic carboxylic acids is 1. The van der Waals surface area contributed by atoms with E-state index in [-0.39, 0.29) is 35.3 Å². The highest BCUT2D eigenvalue weighted by atomic mass is 35.5. The zero-order valence-electron chi connectivity index (χ0n) is 16.3. The normalized spacial score (nSPS) is 25.0. The quantitative estimate of drug-likeness (QED) is 0.686. The van der Waals surface area contributed by atoms with Gasteiger partial charge in [-0.1, -0.05) is 23.7 Å². The summed E-state index contributed by atoms with van der Waals surface area (Å²) in [6, 6.07) is 5.13. The third-order valence-corrected chi connectivity index (χ3v) is 6.21. The van der Waals surface area contributed by atoms with Crippen molar-refractivity contribution in [1.82, 2.24) is 14.7 Å². The lowest BCUT2D eigenvalue weighted by molar-refractivity contribution is -0.137. The number of aromatic nitrogens is 2.